The van der Waals surface area contributed by atoms with Crippen molar-refractivity contribution in [2.75, 3.05) is 0 Å². The third-order valence-corrected chi connectivity index (χ3v) is 26.1. The van der Waals surface area contributed by atoms with Gasteiger partial charge in [0.1, 0.15) is 23.0 Å². The van der Waals surface area contributed by atoms with Crippen LogP contribution < -0.4 is 42.5 Å². The van der Waals surface area contributed by atoms with E-state index in [-0.39, 0.29) is 42.7 Å². The first-order valence-electron chi connectivity index (χ1n) is 39.7. The maximum atomic E-state index is 9.91. The SMILES string of the molecule is C1CCC2C3NC(NC4NC(NC5NC(NC6NC(N3)C3CCCCC63)C3CCCCC53)C3CCCCC43)C2C1.CC(C)(c1ccccc1)c1ccccc1O.CC(C)(c1ccccc1)c1ccccc1O.CC(C)(c1ccccc1)c1ccccc1O.CC(C)(c1ccccc1)c1ccccc1O.[Pt]. The van der Waals surface area contributed by atoms with Gasteiger partial charge < -0.3 is 20.4 Å². The zero-order chi connectivity index (χ0) is 72.6. The van der Waals surface area contributed by atoms with Crippen LogP contribution in [0, 0.1) is 47.3 Å². The second kappa shape index (κ2) is 34.7. The predicted molar refractivity (Wildman–Crippen MR) is 424 cm³/mol. The van der Waals surface area contributed by atoms with Crippen molar-refractivity contribution in [1.29, 1.82) is 0 Å². The summed E-state index contributed by atoms with van der Waals surface area (Å²) < 4.78 is 0. The molecule has 5 heterocycles. The molecule has 8 bridgehead atoms. The van der Waals surface area contributed by atoms with Crippen molar-refractivity contribution >= 4 is 0 Å². The van der Waals surface area contributed by atoms with E-state index >= 15 is 0 Å². The zero-order valence-electron chi connectivity index (χ0n) is 63.4. The number of benzene rings is 8. The van der Waals surface area contributed by atoms with Crippen LogP contribution >= 0.6 is 0 Å². The minimum Gasteiger partial charge on any atom is -0.508 e. The number of fused-ring (bicyclic) bond motifs is 20. The molecule has 562 valence electrons. The molecule has 9 aliphatic rings. The Bertz CT molecular complexity index is 3430. The summed E-state index contributed by atoms with van der Waals surface area (Å²) in [6, 6.07) is 71.0. The van der Waals surface area contributed by atoms with E-state index in [1.54, 1.807) is 24.3 Å². The maximum absolute atomic E-state index is 9.91. The molecule has 8 aromatic carbocycles. The van der Waals surface area contributed by atoms with E-state index in [9.17, 15) is 20.4 Å². The Morgan fingerprint density at radius 2 is 0.343 bits per heavy atom. The summed E-state index contributed by atoms with van der Waals surface area (Å²) in [6.45, 7) is 17.0. The smallest absolute Gasteiger partial charge is 0.119 e. The van der Waals surface area contributed by atoms with E-state index in [0.717, 1.165) is 69.6 Å². The van der Waals surface area contributed by atoms with E-state index in [4.69, 9.17) is 0 Å². The number of phenols is 4. The number of para-hydroxylation sites is 4. The van der Waals surface area contributed by atoms with Crippen LogP contribution in [-0.2, 0) is 42.7 Å². The number of hydrogen-bond donors (Lipinski definition) is 12. The van der Waals surface area contributed by atoms with Crippen LogP contribution in [0.1, 0.15) is 203 Å². The Kier molecular flexibility index (Phi) is 25.8. The van der Waals surface area contributed by atoms with Crippen molar-refractivity contribution in [2.24, 2.45) is 47.3 Å². The molecule has 12 N–H and O–H groups in total. The summed E-state index contributed by atoms with van der Waals surface area (Å²) in [7, 11) is 0. The zero-order valence-corrected chi connectivity index (χ0v) is 65.7. The third kappa shape index (κ3) is 17.4. The van der Waals surface area contributed by atoms with Gasteiger partial charge in [0.05, 0.1) is 49.3 Å². The second-order valence-electron chi connectivity index (χ2n) is 33.6. The van der Waals surface area contributed by atoms with Crippen molar-refractivity contribution in [1.82, 2.24) is 42.5 Å². The molecule has 0 amide bonds. The molecule has 0 aromatic heterocycles. The first-order valence-corrected chi connectivity index (χ1v) is 39.7. The Morgan fingerprint density at radius 3 is 0.486 bits per heavy atom. The molecule has 12 nitrogen and oxygen atoms in total. The van der Waals surface area contributed by atoms with E-state index in [2.05, 4.69) is 146 Å². The van der Waals surface area contributed by atoms with Crippen LogP contribution in [0.2, 0.25) is 0 Å². The van der Waals surface area contributed by atoms with Crippen molar-refractivity contribution < 1.29 is 41.5 Å². The van der Waals surface area contributed by atoms with Crippen molar-refractivity contribution in [3.8, 4) is 23.0 Å². The molecule has 8 aromatic rings. The Balaban J connectivity index is 0.000000134. The molecule has 105 heavy (non-hydrogen) atoms. The summed E-state index contributed by atoms with van der Waals surface area (Å²) >= 11 is 0. The molecule has 4 aliphatic carbocycles. The minimum absolute atomic E-state index is 0. The standard InChI is InChI=1S/C32H56N8.4C15H16O.Pt/c1-2-10-18-17(9-1)25-33-26(18)38-28-21-13-5-6-14-22(21)30(35-28)40-32-24-16-8-7-15-23(24)31(36-32)39-29-20-12-4-3-11-19(20)27(34-29)37-25;4*1-15(2,12-8-4-3-5-9-12)13-10-6-7-11-14(13)16;/h17-40H,1-16H2;4*3-11,16H,1-2H3;. The molecule has 13 heteroatoms. The van der Waals surface area contributed by atoms with Gasteiger partial charge in [-0.3, -0.25) is 42.5 Å². The van der Waals surface area contributed by atoms with Gasteiger partial charge in [0.15, 0.2) is 0 Å². The molecule has 0 spiro atoms. The Labute approximate surface area is 642 Å². The van der Waals surface area contributed by atoms with Crippen LogP contribution in [-0.4, -0.2) is 69.8 Å². The molecule has 8 unspecified atom stereocenters. The fraction of sp³-hybridized carbons (Fsp3) is 0.478. The van der Waals surface area contributed by atoms with Gasteiger partial charge in [-0.15, -0.1) is 0 Å². The van der Waals surface area contributed by atoms with Crippen molar-refractivity contribution in [3.63, 3.8) is 0 Å². The largest absolute Gasteiger partial charge is 0.508 e. The van der Waals surface area contributed by atoms with Gasteiger partial charge in [0, 0.05) is 65.0 Å². The number of hydrogen-bond acceptors (Lipinski definition) is 12. The minimum atomic E-state index is -0.174. The van der Waals surface area contributed by atoms with Gasteiger partial charge in [0.2, 0.25) is 0 Å². The summed E-state index contributed by atoms with van der Waals surface area (Å²) in [5.74, 6) is 7.40. The summed E-state index contributed by atoms with van der Waals surface area (Å²) in [4.78, 5) is 0. The van der Waals surface area contributed by atoms with Crippen molar-refractivity contribution in [2.45, 2.75) is 229 Å². The summed E-state index contributed by atoms with van der Waals surface area (Å²) in [6.07, 6.45) is 25.6. The van der Waals surface area contributed by atoms with E-state index in [1.807, 2.05) is 146 Å². The predicted octanol–water partition coefficient (Wildman–Crippen LogP) is 17.5. The number of rotatable bonds is 8. The Morgan fingerprint density at radius 1 is 0.210 bits per heavy atom. The average molecular weight is 1600 g/mol. The first kappa shape index (κ1) is 77.9. The van der Waals surface area contributed by atoms with Gasteiger partial charge in [-0.05, 0) is 145 Å². The van der Waals surface area contributed by atoms with E-state index < -0.39 is 0 Å². The maximum Gasteiger partial charge on any atom is 0.119 e. The van der Waals surface area contributed by atoms with Crippen LogP contribution in [0.15, 0.2) is 218 Å². The average Bonchev–Trinajstić information content (AvgIpc) is 1.63. The molecular weight excluding hydrogens is 1480 g/mol. The van der Waals surface area contributed by atoms with Gasteiger partial charge in [-0.25, -0.2) is 0 Å². The van der Waals surface area contributed by atoms with Crippen molar-refractivity contribution in [3.05, 3.63) is 263 Å². The summed E-state index contributed by atoms with van der Waals surface area (Å²) in [5.41, 5.74) is 7.96. The van der Waals surface area contributed by atoms with Crippen LogP contribution in [0.4, 0.5) is 0 Å². The number of aromatic hydroxyl groups is 4. The van der Waals surface area contributed by atoms with E-state index in [1.165, 1.54) is 125 Å². The van der Waals surface area contributed by atoms with Crippen LogP contribution in [0.25, 0.3) is 0 Å². The molecule has 5 saturated heterocycles. The van der Waals surface area contributed by atoms with Crippen LogP contribution in [0.3, 0.4) is 0 Å². The van der Waals surface area contributed by atoms with Gasteiger partial charge >= 0.3 is 0 Å². The normalized spacial score (nSPS) is 28.9. The number of phenolic OH excluding ortho intramolecular Hbond substituents is 4. The third-order valence-electron chi connectivity index (χ3n) is 26.1. The molecule has 5 aliphatic heterocycles. The van der Waals surface area contributed by atoms with E-state index in [0.29, 0.717) is 72.3 Å². The second-order valence-corrected chi connectivity index (χ2v) is 33.6. The monoisotopic (exact) mass is 1600 g/mol. The molecular formula is C92H120N8O4Pt. The van der Waals surface area contributed by atoms with Crippen LogP contribution in [0.5, 0.6) is 23.0 Å². The van der Waals surface area contributed by atoms with Gasteiger partial charge in [0.25, 0.3) is 0 Å². The topological polar surface area (TPSA) is 177 Å². The fourth-order valence-corrected chi connectivity index (χ4v) is 20.0. The molecule has 4 saturated carbocycles. The quantitative estimate of drug-likeness (QED) is 0.0695. The molecule has 17 rings (SSSR count). The summed E-state index contributed by atoms with van der Waals surface area (Å²) in [5, 5.41) is 73.4. The molecule has 8 atom stereocenters. The molecule has 9 fully saturated rings. The number of nitrogens with one attached hydrogen (secondary N) is 8. The molecule has 0 radical (unpaired) electrons. The van der Waals surface area contributed by atoms with Gasteiger partial charge in [-0.2, -0.15) is 0 Å². The Hall–Kier alpha value is -6.67. The van der Waals surface area contributed by atoms with Gasteiger partial charge in [-0.1, -0.05) is 301 Å². The first-order chi connectivity index (χ1) is 50.3. The fourth-order valence-electron chi connectivity index (χ4n) is 20.0.